The monoisotopic (exact) mass is 407 g/mol. The lowest BCUT2D eigenvalue weighted by Gasteiger charge is -2.26. The molecule has 0 radical (unpaired) electrons. The normalized spacial score (nSPS) is 16.2. The molecule has 4 rings (SSSR count). The van der Waals surface area contributed by atoms with E-state index < -0.39 is 0 Å². The van der Waals surface area contributed by atoms with Gasteiger partial charge in [0.25, 0.3) is 0 Å². The zero-order valence-corrected chi connectivity index (χ0v) is 17.7. The van der Waals surface area contributed by atoms with Crippen LogP contribution >= 0.6 is 0 Å². The second kappa shape index (κ2) is 9.78. The molecule has 0 saturated carbocycles. The van der Waals surface area contributed by atoms with E-state index in [4.69, 9.17) is 14.2 Å². The van der Waals surface area contributed by atoms with E-state index >= 15 is 0 Å². The van der Waals surface area contributed by atoms with Crippen LogP contribution in [0.1, 0.15) is 24.1 Å². The number of nitrogens with zero attached hydrogens (tertiary/aromatic N) is 3. The standard InChI is InChI=1S/C24H29N3O3/c1-28-22-11-10-19(15-23(22)29-2)16-26(18-21-8-6-14-30-21)17-20-7-5-13-27(20)24-9-3-4-12-25-24/h3-5,7,9-13,15,21H,6,8,14,16-18H2,1-2H3. The van der Waals surface area contributed by atoms with Crippen LogP contribution in [0.5, 0.6) is 11.5 Å². The first-order valence-corrected chi connectivity index (χ1v) is 10.4. The zero-order valence-electron chi connectivity index (χ0n) is 17.7. The highest BCUT2D eigenvalue weighted by molar-refractivity contribution is 5.42. The van der Waals surface area contributed by atoms with Crippen molar-refractivity contribution < 1.29 is 14.2 Å². The van der Waals surface area contributed by atoms with Gasteiger partial charge in [-0.25, -0.2) is 4.98 Å². The second-order valence-corrected chi connectivity index (χ2v) is 7.55. The number of pyridine rings is 1. The van der Waals surface area contributed by atoms with Crippen LogP contribution in [0.4, 0.5) is 0 Å². The van der Waals surface area contributed by atoms with Crippen molar-refractivity contribution in [1.29, 1.82) is 0 Å². The molecule has 1 unspecified atom stereocenters. The van der Waals surface area contributed by atoms with E-state index in [1.165, 1.54) is 11.3 Å². The molecule has 2 aromatic heterocycles. The maximum Gasteiger partial charge on any atom is 0.161 e. The van der Waals surface area contributed by atoms with E-state index in [2.05, 4.69) is 44.9 Å². The topological polar surface area (TPSA) is 48.8 Å². The minimum atomic E-state index is 0.281. The van der Waals surface area contributed by atoms with Gasteiger partial charge < -0.3 is 18.8 Å². The summed E-state index contributed by atoms with van der Waals surface area (Å²) in [4.78, 5) is 6.94. The van der Waals surface area contributed by atoms with Gasteiger partial charge in [0.15, 0.2) is 11.5 Å². The summed E-state index contributed by atoms with van der Waals surface area (Å²) in [6.07, 6.45) is 6.43. The molecule has 1 saturated heterocycles. The van der Waals surface area contributed by atoms with Crippen LogP contribution in [0.2, 0.25) is 0 Å². The van der Waals surface area contributed by atoms with E-state index in [1.807, 2.05) is 30.5 Å². The Labute approximate surface area is 178 Å². The van der Waals surface area contributed by atoms with Crippen molar-refractivity contribution >= 4 is 0 Å². The van der Waals surface area contributed by atoms with Crippen molar-refractivity contribution in [3.8, 4) is 17.3 Å². The highest BCUT2D eigenvalue weighted by atomic mass is 16.5. The van der Waals surface area contributed by atoms with Crippen molar-refractivity contribution in [1.82, 2.24) is 14.5 Å². The van der Waals surface area contributed by atoms with E-state index in [1.54, 1.807) is 14.2 Å². The van der Waals surface area contributed by atoms with E-state index in [-0.39, 0.29) is 6.10 Å². The van der Waals surface area contributed by atoms with Crippen LogP contribution in [-0.4, -0.2) is 47.9 Å². The van der Waals surface area contributed by atoms with Gasteiger partial charge in [-0.15, -0.1) is 0 Å². The Hall–Kier alpha value is -2.83. The number of hydrogen-bond acceptors (Lipinski definition) is 5. The van der Waals surface area contributed by atoms with Crippen molar-refractivity contribution in [3.63, 3.8) is 0 Å². The minimum absolute atomic E-state index is 0.281. The molecule has 1 fully saturated rings. The quantitative estimate of drug-likeness (QED) is 0.535. The van der Waals surface area contributed by atoms with Crippen molar-refractivity contribution in [3.05, 3.63) is 72.2 Å². The van der Waals surface area contributed by atoms with Crippen molar-refractivity contribution in [2.24, 2.45) is 0 Å². The highest BCUT2D eigenvalue weighted by Crippen LogP contribution is 2.28. The molecule has 3 aromatic rings. The first-order valence-electron chi connectivity index (χ1n) is 10.4. The third-order valence-corrected chi connectivity index (χ3v) is 5.45. The lowest BCUT2D eigenvalue weighted by Crippen LogP contribution is -2.32. The molecular formula is C24H29N3O3. The summed E-state index contributed by atoms with van der Waals surface area (Å²) >= 11 is 0. The summed E-state index contributed by atoms with van der Waals surface area (Å²) < 4.78 is 19.0. The number of benzene rings is 1. The first kappa shape index (κ1) is 20.4. The fourth-order valence-corrected chi connectivity index (χ4v) is 3.99. The summed E-state index contributed by atoms with van der Waals surface area (Å²) in [5.74, 6) is 2.43. The molecular weight excluding hydrogens is 378 g/mol. The molecule has 0 N–H and O–H groups in total. The van der Waals surface area contributed by atoms with E-state index in [0.29, 0.717) is 0 Å². The Kier molecular flexibility index (Phi) is 6.67. The lowest BCUT2D eigenvalue weighted by atomic mass is 10.1. The van der Waals surface area contributed by atoms with Gasteiger partial charge >= 0.3 is 0 Å². The summed E-state index contributed by atoms with van der Waals surface area (Å²) in [7, 11) is 3.33. The van der Waals surface area contributed by atoms with Gasteiger partial charge in [0.05, 0.1) is 20.3 Å². The molecule has 6 nitrogen and oxygen atoms in total. The average molecular weight is 408 g/mol. The molecule has 0 amide bonds. The zero-order chi connectivity index (χ0) is 20.8. The number of methoxy groups -OCH3 is 2. The van der Waals surface area contributed by atoms with Crippen LogP contribution in [0, 0.1) is 0 Å². The molecule has 1 atom stereocenters. The molecule has 1 aliphatic rings. The van der Waals surface area contributed by atoms with Crippen LogP contribution in [-0.2, 0) is 17.8 Å². The molecule has 30 heavy (non-hydrogen) atoms. The maximum absolute atomic E-state index is 5.93. The van der Waals surface area contributed by atoms with Gasteiger partial charge in [-0.05, 0) is 54.8 Å². The van der Waals surface area contributed by atoms with Gasteiger partial charge in [0, 0.05) is 44.3 Å². The fourth-order valence-electron chi connectivity index (χ4n) is 3.99. The van der Waals surface area contributed by atoms with Crippen LogP contribution in [0.15, 0.2) is 60.9 Å². The Morgan fingerprint density at radius 1 is 1.07 bits per heavy atom. The van der Waals surface area contributed by atoms with Gasteiger partial charge in [-0.1, -0.05) is 12.1 Å². The van der Waals surface area contributed by atoms with Gasteiger partial charge in [0.1, 0.15) is 5.82 Å². The third-order valence-electron chi connectivity index (χ3n) is 5.45. The highest BCUT2D eigenvalue weighted by Gasteiger charge is 2.21. The number of rotatable bonds is 9. The third kappa shape index (κ3) is 4.83. The van der Waals surface area contributed by atoms with Gasteiger partial charge in [-0.2, -0.15) is 0 Å². The first-order chi connectivity index (χ1) is 14.8. The Bertz CT molecular complexity index is 936. The molecule has 0 bridgehead atoms. The number of ether oxygens (including phenoxy) is 3. The van der Waals surface area contributed by atoms with E-state index in [9.17, 15) is 0 Å². The second-order valence-electron chi connectivity index (χ2n) is 7.55. The molecule has 6 heteroatoms. The summed E-state index contributed by atoms with van der Waals surface area (Å²) in [6.45, 7) is 3.35. The predicted molar refractivity (Wildman–Crippen MR) is 116 cm³/mol. The largest absolute Gasteiger partial charge is 0.493 e. The smallest absolute Gasteiger partial charge is 0.161 e. The van der Waals surface area contributed by atoms with Gasteiger partial charge in [0.2, 0.25) is 0 Å². The summed E-state index contributed by atoms with van der Waals surface area (Å²) in [5.41, 5.74) is 2.38. The Balaban J connectivity index is 1.56. The molecule has 158 valence electrons. The lowest BCUT2D eigenvalue weighted by molar-refractivity contribution is 0.0673. The average Bonchev–Trinajstić information content (AvgIpc) is 3.46. The molecule has 0 aliphatic carbocycles. The number of hydrogen-bond donors (Lipinski definition) is 0. The Morgan fingerprint density at radius 3 is 2.70 bits per heavy atom. The summed E-state index contributed by atoms with van der Waals surface area (Å²) in [6, 6.07) is 16.3. The van der Waals surface area contributed by atoms with Crippen molar-refractivity contribution in [2.45, 2.75) is 32.0 Å². The SMILES string of the molecule is COc1ccc(CN(Cc2cccn2-c2ccccn2)CC2CCCO2)cc1OC. The Morgan fingerprint density at radius 2 is 1.97 bits per heavy atom. The van der Waals surface area contributed by atoms with Gasteiger partial charge in [-0.3, -0.25) is 4.90 Å². The van der Waals surface area contributed by atoms with Crippen molar-refractivity contribution in [2.75, 3.05) is 27.4 Å². The van der Waals surface area contributed by atoms with E-state index in [0.717, 1.165) is 56.4 Å². The maximum atomic E-state index is 5.93. The number of aromatic nitrogens is 2. The molecule has 1 aliphatic heterocycles. The molecule has 1 aromatic carbocycles. The predicted octanol–water partition coefficient (Wildman–Crippen LogP) is 4.07. The van der Waals surface area contributed by atoms with Crippen LogP contribution < -0.4 is 9.47 Å². The van der Waals surface area contributed by atoms with Crippen LogP contribution in [0.25, 0.3) is 5.82 Å². The summed E-state index contributed by atoms with van der Waals surface area (Å²) in [5, 5.41) is 0. The van der Waals surface area contributed by atoms with Crippen LogP contribution in [0.3, 0.4) is 0 Å². The minimum Gasteiger partial charge on any atom is -0.493 e. The molecule has 0 spiro atoms. The fraction of sp³-hybridized carbons (Fsp3) is 0.375. The molecule has 3 heterocycles.